The van der Waals surface area contributed by atoms with Crippen molar-refractivity contribution in [1.82, 2.24) is 5.32 Å². The average Bonchev–Trinajstić information content (AvgIpc) is 2.39. The van der Waals surface area contributed by atoms with Crippen LogP contribution < -0.4 is 10.2 Å². The van der Waals surface area contributed by atoms with E-state index < -0.39 is 0 Å². The zero-order valence-electron chi connectivity index (χ0n) is 9.61. The Kier molecular flexibility index (Phi) is 3.43. The summed E-state index contributed by atoms with van der Waals surface area (Å²) in [6, 6.07) is 10.5. The fraction of sp³-hybridized carbons (Fsp3) is 0.462. The van der Waals surface area contributed by atoms with E-state index in [4.69, 9.17) is 5.26 Å². The lowest BCUT2D eigenvalue weighted by Crippen LogP contribution is -2.44. The molecule has 0 spiro atoms. The van der Waals surface area contributed by atoms with E-state index in [-0.39, 0.29) is 0 Å². The summed E-state index contributed by atoms with van der Waals surface area (Å²) < 4.78 is 0. The first kappa shape index (κ1) is 11.0. The molecule has 1 N–H and O–H groups in total. The molecule has 0 radical (unpaired) electrons. The van der Waals surface area contributed by atoms with Gasteiger partial charge >= 0.3 is 0 Å². The number of hydrogen-bond donors (Lipinski definition) is 1. The molecule has 0 aliphatic carbocycles. The number of nitrogens with zero attached hydrogens (tertiary/aromatic N) is 2. The number of benzene rings is 1. The molecule has 3 heteroatoms. The van der Waals surface area contributed by atoms with Gasteiger partial charge in [0.25, 0.3) is 0 Å². The van der Waals surface area contributed by atoms with E-state index in [1.165, 1.54) is 12.8 Å². The quantitative estimate of drug-likeness (QED) is 0.817. The van der Waals surface area contributed by atoms with Crippen LogP contribution in [-0.2, 0) is 0 Å². The second kappa shape index (κ2) is 5.00. The number of nitriles is 1. The maximum absolute atomic E-state index is 8.87. The van der Waals surface area contributed by atoms with Crippen molar-refractivity contribution in [2.75, 3.05) is 25.0 Å². The molecule has 0 saturated carbocycles. The van der Waals surface area contributed by atoms with Gasteiger partial charge in [0.15, 0.2) is 0 Å². The van der Waals surface area contributed by atoms with Crippen LogP contribution in [0, 0.1) is 11.3 Å². The van der Waals surface area contributed by atoms with E-state index in [0.717, 1.165) is 24.3 Å². The van der Waals surface area contributed by atoms with Gasteiger partial charge in [0.2, 0.25) is 0 Å². The Labute approximate surface area is 96.7 Å². The Bertz CT molecular complexity index is 388. The fourth-order valence-corrected chi connectivity index (χ4v) is 2.17. The molecule has 1 heterocycles. The first-order valence-corrected chi connectivity index (χ1v) is 5.75. The van der Waals surface area contributed by atoms with Crippen LogP contribution in [0.1, 0.15) is 18.4 Å². The number of likely N-dealkylation sites (N-methyl/N-ethyl adjacent to an activating group) is 1. The molecule has 3 nitrogen and oxygen atoms in total. The Balaban J connectivity index is 2.13. The molecule has 0 bridgehead atoms. The predicted octanol–water partition coefficient (Wildman–Crippen LogP) is 1.75. The summed E-state index contributed by atoms with van der Waals surface area (Å²) in [6.45, 7) is 2.16. The van der Waals surface area contributed by atoms with Crippen LogP contribution in [0.3, 0.4) is 0 Å². The zero-order valence-corrected chi connectivity index (χ0v) is 9.61. The smallest absolute Gasteiger partial charge is 0.0992 e. The normalized spacial score (nSPS) is 20.1. The van der Waals surface area contributed by atoms with Gasteiger partial charge in [0.05, 0.1) is 11.6 Å². The van der Waals surface area contributed by atoms with Crippen molar-refractivity contribution in [3.8, 4) is 6.07 Å². The number of rotatable bonds is 2. The summed E-state index contributed by atoms with van der Waals surface area (Å²) >= 11 is 0. The highest BCUT2D eigenvalue weighted by molar-refractivity contribution is 5.51. The molecule has 16 heavy (non-hydrogen) atoms. The van der Waals surface area contributed by atoms with Gasteiger partial charge in [-0.05, 0) is 37.6 Å². The van der Waals surface area contributed by atoms with E-state index in [2.05, 4.69) is 29.4 Å². The van der Waals surface area contributed by atoms with Crippen molar-refractivity contribution in [2.24, 2.45) is 0 Å². The van der Waals surface area contributed by atoms with E-state index in [9.17, 15) is 0 Å². The van der Waals surface area contributed by atoms with E-state index in [1.54, 1.807) is 0 Å². The van der Waals surface area contributed by atoms with Crippen LogP contribution in [-0.4, -0.2) is 26.2 Å². The maximum atomic E-state index is 8.87. The van der Waals surface area contributed by atoms with Crippen LogP contribution in [0.4, 0.5) is 5.69 Å². The first-order valence-electron chi connectivity index (χ1n) is 5.75. The van der Waals surface area contributed by atoms with Gasteiger partial charge < -0.3 is 10.2 Å². The molecule has 1 unspecified atom stereocenters. The molecule has 1 saturated heterocycles. The second-order valence-electron chi connectivity index (χ2n) is 4.27. The molecule has 1 aromatic rings. The van der Waals surface area contributed by atoms with Crippen LogP contribution in [0.5, 0.6) is 0 Å². The first-order chi connectivity index (χ1) is 7.81. The summed E-state index contributed by atoms with van der Waals surface area (Å²) in [5.41, 5.74) is 1.86. The molecule has 1 aliphatic heterocycles. The van der Waals surface area contributed by atoms with Gasteiger partial charge in [-0.3, -0.25) is 0 Å². The van der Waals surface area contributed by atoms with E-state index in [0.29, 0.717) is 6.04 Å². The third-order valence-corrected chi connectivity index (χ3v) is 3.20. The summed E-state index contributed by atoms with van der Waals surface area (Å²) in [7, 11) is 2.11. The molecule has 2 rings (SSSR count). The van der Waals surface area contributed by atoms with Gasteiger partial charge in [-0.2, -0.15) is 5.26 Å². The molecule has 1 aliphatic rings. The van der Waals surface area contributed by atoms with Crippen molar-refractivity contribution in [1.29, 1.82) is 5.26 Å². The highest BCUT2D eigenvalue weighted by Crippen LogP contribution is 2.19. The van der Waals surface area contributed by atoms with Gasteiger partial charge in [0.1, 0.15) is 0 Å². The lowest BCUT2D eigenvalue weighted by Gasteiger charge is -2.33. The summed E-state index contributed by atoms with van der Waals surface area (Å²) in [6.07, 6.45) is 2.45. The van der Waals surface area contributed by atoms with Crippen molar-refractivity contribution >= 4 is 5.69 Å². The van der Waals surface area contributed by atoms with Crippen molar-refractivity contribution in [3.63, 3.8) is 0 Å². The monoisotopic (exact) mass is 215 g/mol. The standard InChI is InChI=1S/C13H17N3/c1-16(13-6-3-7-15-10-13)12-5-2-4-11(8-12)9-14/h2,4-5,8,13,15H,3,6-7,10H2,1H3. The second-order valence-corrected chi connectivity index (χ2v) is 4.27. The lowest BCUT2D eigenvalue weighted by atomic mass is 10.1. The van der Waals surface area contributed by atoms with E-state index in [1.807, 2.05) is 18.2 Å². The highest BCUT2D eigenvalue weighted by Gasteiger charge is 2.17. The number of piperidine rings is 1. The van der Waals surface area contributed by atoms with Crippen LogP contribution in [0.25, 0.3) is 0 Å². The molecule has 0 aromatic heterocycles. The van der Waals surface area contributed by atoms with Gasteiger partial charge in [-0.25, -0.2) is 0 Å². The van der Waals surface area contributed by atoms with Crippen molar-refractivity contribution in [2.45, 2.75) is 18.9 Å². The topological polar surface area (TPSA) is 39.1 Å². The van der Waals surface area contributed by atoms with Crippen LogP contribution in [0.15, 0.2) is 24.3 Å². The van der Waals surface area contributed by atoms with Crippen LogP contribution >= 0.6 is 0 Å². The van der Waals surface area contributed by atoms with Gasteiger partial charge in [-0.1, -0.05) is 6.07 Å². The Morgan fingerprint density at radius 1 is 1.50 bits per heavy atom. The minimum absolute atomic E-state index is 0.544. The molecular formula is C13H17N3. The molecule has 84 valence electrons. The van der Waals surface area contributed by atoms with Gasteiger partial charge in [0, 0.05) is 25.3 Å². The summed E-state index contributed by atoms with van der Waals surface area (Å²) in [4.78, 5) is 2.27. The molecular weight excluding hydrogens is 198 g/mol. The summed E-state index contributed by atoms with van der Waals surface area (Å²) in [5.74, 6) is 0. The zero-order chi connectivity index (χ0) is 11.4. The molecule has 1 atom stereocenters. The SMILES string of the molecule is CN(c1cccc(C#N)c1)C1CCCNC1. The van der Waals surface area contributed by atoms with Crippen LogP contribution in [0.2, 0.25) is 0 Å². The minimum Gasteiger partial charge on any atom is -0.370 e. The number of nitrogens with one attached hydrogen (secondary N) is 1. The Morgan fingerprint density at radius 3 is 3.06 bits per heavy atom. The summed E-state index contributed by atoms with van der Waals surface area (Å²) in [5, 5.41) is 12.3. The third-order valence-electron chi connectivity index (χ3n) is 3.20. The number of hydrogen-bond acceptors (Lipinski definition) is 3. The predicted molar refractivity (Wildman–Crippen MR) is 65.5 cm³/mol. The average molecular weight is 215 g/mol. The van der Waals surface area contributed by atoms with E-state index >= 15 is 0 Å². The molecule has 0 amide bonds. The third kappa shape index (κ3) is 2.34. The minimum atomic E-state index is 0.544. The maximum Gasteiger partial charge on any atom is 0.0992 e. The van der Waals surface area contributed by atoms with Gasteiger partial charge in [-0.15, -0.1) is 0 Å². The Morgan fingerprint density at radius 2 is 2.38 bits per heavy atom. The fourth-order valence-electron chi connectivity index (χ4n) is 2.17. The molecule has 1 aromatic carbocycles. The lowest BCUT2D eigenvalue weighted by molar-refractivity contribution is 0.445. The number of anilines is 1. The van der Waals surface area contributed by atoms with Crippen molar-refractivity contribution in [3.05, 3.63) is 29.8 Å². The molecule has 1 fully saturated rings. The Hall–Kier alpha value is -1.53. The van der Waals surface area contributed by atoms with Crippen molar-refractivity contribution < 1.29 is 0 Å². The highest BCUT2D eigenvalue weighted by atomic mass is 15.2. The largest absolute Gasteiger partial charge is 0.370 e.